The maximum atomic E-state index is 11.4. The number of ether oxygens (including phenoxy) is 3. The summed E-state index contributed by atoms with van der Waals surface area (Å²) < 4.78 is 16.7. The van der Waals surface area contributed by atoms with E-state index in [0.717, 1.165) is 18.8 Å². The molecule has 0 unspecified atom stereocenters. The Hall–Kier alpha value is -0.430. The van der Waals surface area contributed by atoms with Crippen LogP contribution in [0, 0.1) is 11.8 Å². The molecule has 0 aliphatic heterocycles. The van der Waals surface area contributed by atoms with Crippen molar-refractivity contribution in [2.45, 2.75) is 66.7 Å². The number of hydrogen-bond donors (Lipinski definition) is 2. The van der Waals surface area contributed by atoms with Crippen LogP contribution in [0.5, 0.6) is 0 Å². The lowest BCUT2D eigenvalue weighted by atomic mass is 10.4. The highest BCUT2D eigenvalue weighted by Crippen LogP contribution is 2.35. The molecule has 0 saturated carbocycles. The van der Waals surface area contributed by atoms with Crippen molar-refractivity contribution >= 4 is 27.5 Å². The third kappa shape index (κ3) is 29.8. The zero-order valence-electron chi connectivity index (χ0n) is 20.5. The summed E-state index contributed by atoms with van der Waals surface area (Å²) in [5.41, 5.74) is 0. The summed E-state index contributed by atoms with van der Waals surface area (Å²) in [6.45, 7) is 20.8. The van der Waals surface area contributed by atoms with Gasteiger partial charge in [0.1, 0.15) is 4.93 Å². The first-order chi connectivity index (χ1) is 14.5. The molecule has 0 atom stereocenters. The van der Waals surface area contributed by atoms with E-state index >= 15 is 0 Å². The fourth-order valence-electron chi connectivity index (χ4n) is 1.65. The van der Waals surface area contributed by atoms with E-state index in [9.17, 15) is 4.79 Å². The molecule has 0 aromatic rings. The molecule has 8 heteroatoms. The minimum atomic E-state index is -0.230. The van der Waals surface area contributed by atoms with Crippen LogP contribution in [0.25, 0.3) is 0 Å². The first-order valence-electron chi connectivity index (χ1n) is 11.0. The molecule has 30 heavy (non-hydrogen) atoms. The maximum absolute atomic E-state index is 11.4. The van der Waals surface area contributed by atoms with Crippen LogP contribution < -0.4 is 10.6 Å². The Labute approximate surface area is 194 Å². The summed E-state index contributed by atoms with van der Waals surface area (Å²) in [5, 5.41) is 5.99. The summed E-state index contributed by atoms with van der Waals surface area (Å²) in [4.78, 5) is 11.2. The standard InChI is InChI=1S/C18H34N2O4S2.2C2H6/c1-5-7-9-20-17(21)8-11-22-12-13-23-14-15-24-18(3,4)26-25-16-10-19-6-2;2*1-2/h19H,6,8-16H2,1-4H3,(H,20,21);2*1-2H3. The second kappa shape index (κ2) is 28.6. The van der Waals surface area contributed by atoms with Crippen molar-refractivity contribution in [1.82, 2.24) is 10.6 Å². The van der Waals surface area contributed by atoms with E-state index < -0.39 is 0 Å². The molecule has 0 aliphatic rings. The summed E-state index contributed by atoms with van der Waals surface area (Å²) in [5.74, 6) is 6.51. The predicted octanol–water partition coefficient (Wildman–Crippen LogP) is 4.35. The van der Waals surface area contributed by atoms with E-state index in [1.54, 1.807) is 17.7 Å². The first kappa shape index (κ1) is 34.2. The van der Waals surface area contributed by atoms with Crippen molar-refractivity contribution in [3.05, 3.63) is 0 Å². The summed E-state index contributed by atoms with van der Waals surface area (Å²) in [6, 6.07) is 0. The van der Waals surface area contributed by atoms with Gasteiger partial charge < -0.3 is 24.8 Å². The summed E-state index contributed by atoms with van der Waals surface area (Å²) >= 11 is 0. The smallest absolute Gasteiger partial charge is 0.223 e. The minimum absolute atomic E-state index is 0.0508. The maximum Gasteiger partial charge on any atom is 0.223 e. The van der Waals surface area contributed by atoms with Crippen molar-refractivity contribution in [1.29, 1.82) is 0 Å². The molecular formula is C22H46N2O4S2. The van der Waals surface area contributed by atoms with Gasteiger partial charge in [0.05, 0.1) is 39.6 Å². The fraction of sp³-hybridized carbons (Fsp3) is 0.864. The SMILES string of the molecule is CC.CC.CC#CCNC(=O)CCOCCOCCOC(C)(C)SSCCNCC. The molecule has 0 spiro atoms. The van der Waals surface area contributed by atoms with Crippen LogP contribution in [0.3, 0.4) is 0 Å². The van der Waals surface area contributed by atoms with Crippen molar-refractivity contribution in [3.8, 4) is 11.8 Å². The van der Waals surface area contributed by atoms with Gasteiger partial charge in [0.25, 0.3) is 0 Å². The van der Waals surface area contributed by atoms with Crippen molar-refractivity contribution in [2.24, 2.45) is 0 Å². The van der Waals surface area contributed by atoms with E-state index in [4.69, 9.17) is 14.2 Å². The van der Waals surface area contributed by atoms with Crippen LogP contribution in [-0.4, -0.2) is 69.3 Å². The molecule has 1 amide bonds. The molecule has 0 aliphatic carbocycles. The Morgan fingerprint density at radius 1 is 1.00 bits per heavy atom. The average Bonchev–Trinajstić information content (AvgIpc) is 2.75. The highest BCUT2D eigenvalue weighted by atomic mass is 33.1. The summed E-state index contributed by atoms with van der Waals surface area (Å²) in [6.07, 6.45) is 0.339. The highest BCUT2D eigenvalue weighted by Gasteiger charge is 2.19. The topological polar surface area (TPSA) is 68.8 Å². The Bertz CT molecular complexity index is 414. The minimum Gasteiger partial charge on any atom is -0.379 e. The fourth-order valence-corrected chi connectivity index (χ4v) is 3.87. The van der Waals surface area contributed by atoms with Crippen molar-refractivity contribution < 1.29 is 19.0 Å². The van der Waals surface area contributed by atoms with Crippen molar-refractivity contribution in [3.63, 3.8) is 0 Å². The Morgan fingerprint density at radius 3 is 2.20 bits per heavy atom. The number of amides is 1. The van der Waals surface area contributed by atoms with E-state index in [-0.39, 0.29) is 10.8 Å². The van der Waals surface area contributed by atoms with E-state index in [1.807, 2.05) is 38.5 Å². The lowest BCUT2D eigenvalue weighted by molar-refractivity contribution is -0.122. The third-order valence-electron chi connectivity index (χ3n) is 2.95. The van der Waals surface area contributed by atoms with Crippen LogP contribution in [0.15, 0.2) is 0 Å². The number of carbonyl (C=O) groups excluding carboxylic acids is 1. The molecule has 180 valence electrons. The molecule has 0 rings (SSSR count). The molecule has 0 aromatic heterocycles. The second-order valence-corrected chi connectivity index (χ2v) is 8.69. The van der Waals surface area contributed by atoms with Crippen LogP contribution in [0.4, 0.5) is 0 Å². The van der Waals surface area contributed by atoms with Gasteiger partial charge in [-0.15, -0.1) is 5.92 Å². The number of nitrogens with one attached hydrogen (secondary N) is 2. The van der Waals surface area contributed by atoms with Gasteiger partial charge in [0.15, 0.2) is 0 Å². The lowest BCUT2D eigenvalue weighted by Gasteiger charge is -2.23. The van der Waals surface area contributed by atoms with E-state index in [1.165, 1.54) is 0 Å². The Kier molecular flexibility index (Phi) is 32.6. The Morgan fingerprint density at radius 2 is 1.60 bits per heavy atom. The van der Waals surface area contributed by atoms with E-state index in [2.05, 4.69) is 43.2 Å². The molecule has 0 heterocycles. The molecule has 0 fully saturated rings. The van der Waals surface area contributed by atoms with Gasteiger partial charge in [-0.25, -0.2) is 0 Å². The highest BCUT2D eigenvalue weighted by molar-refractivity contribution is 8.77. The molecule has 0 bridgehead atoms. The second-order valence-electron chi connectivity index (χ2n) is 5.69. The molecular weight excluding hydrogens is 420 g/mol. The van der Waals surface area contributed by atoms with Crippen LogP contribution in [-0.2, 0) is 19.0 Å². The average molecular weight is 467 g/mol. The molecule has 2 N–H and O–H groups in total. The zero-order chi connectivity index (χ0) is 23.5. The van der Waals surface area contributed by atoms with Crippen LogP contribution in [0.2, 0.25) is 0 Å². The normalized spacial score (nSPS) is 10.0. The monoisotopic (exact) mass is 466 g/mol. The van der Waals surface area contributed by atoms with Gasteiger partial charge in [0, 0.05) is 18.7 Å². The third-order valence-corrected chi connectivity index (χ3v) is 6.01. The van der Waals surface area contributed by atoms with Gasteiger partial charge in [-0.1, -0.05) is 62.1 Å². The van der Waals surface area contributed by atoms with Gasteiger partial charge in [-0.3, -0.25) is 4.79 Å². The van der Waals surface area contributed by atoms with Crippen molar-refractivity contribution in [2.75, 3.05) is 58.4 Å². The van der Waals surface area contributed by atoms with E-state index in [0.29, 0.717) is 46.0 Å². The predicted molar refractivity (Wildman–Crippen MR) is 134 cm³/mol. The Balaban J connectivity index is -0.00000171. The van der Waals surface area contributed by atoms with Crippen LogP contribution >= 0.6 is 21.6 Å². The lowest BCUT2D eigenvalue weighted by Crippen LogP contribution is -2.25. The zero-order valence-corrected chi connectivity index (χ0v) is 22.2. The largest absolute Gasteiger partial charge is 0.379 e. The number of rotatable bonds is 17. The van der Waals surface area contributed by atoms with Gasteiger partial charge >= 0.3 is 0 Å². The van der Waals surface area contributed by atoms with Gasteiger partial charge in [0.2, 0.25) is 5.91 Å². The molecule has 0 radical (unpaired) electrons. The molecule has 0 aromatic carbocycles. The number of hydrogen-bond acceptors (Lipinski definition) is 7. The molecule has 6 nitrogen and oxygen atoms in total. The van der Waals surface area contributed by atoms with Crippen LogP contribution in [0.1, 0.15) is 61.8 Å². The summed E-state index contributed by atoms with van der Waals surface area (Å²) in [7, 11) is 3.56. The van der Waals surface area contributed by atoms with Gasteiger partial charge in [-0.05, 0) is 27.3 Å². The quantitative estimate of drug-likeness (QED) is 0.143. The molecule has 0 saturated heterocycles. The first-order valence-corrected chi connectivity index (χ1v) is 13.3. The van der Waals surface area contributed by atoms with Gasteiger partial charge in [-0.2, -0.15) is 0 Å². The number of carbonyl (C=O) groups is 1.